The summed E-state index contributed by atoms with van der Waals surface area (Å²) in [5.74, 6) is 0.634. The summed E-state index contributed by atoms with van der Waals surface area (Å²) in [4.78, 5) is 23.9. The van der Waals surface area contributed by atoms with Crippen LogP contribution in [0, 0.1) is 0 Å². The maximum Gasteiger partial charge on any atom is 0.241 e. The van der Waals surface area contributed by atoms with Crippen LogP contribution >= 0.6 is 22.9 Å². The summed E-state index contributed by atoms with van der Waals surface area (Å²) in [5, 5.41) is 4.18. The van der Waals surface area contributed by atoms with Gasteiger partial charge in [-0.25, -0.2) is 9.97 Å². The van der Waals surface area contributed by atoms with Crippen molar-refractivity contribution in [1.29, 1.82) is 0 Å². The number of carbonyl (C=O) groups excluding carboxylic acids is 1. The number of carbonyl (C=O) groups is 1. The van der Waals surface area contributed by atoms with Gasteiger partial charge in [-0.3, -0.25) is 4.79 Å². The van der Waals surface area contributed by atoms with Crippen LogP contribution in [0.2, 0.25) is 5.28 Å². The van der Waals surface area contributed by atoms with E-state index < -0.39 is 0 Å². The first-order valence-electron chi connectivity index (χ1n) is 6.49. The maximum absolute atomic E-state index is 11.8. The maximum atomic E-state index is 11.8. The number of likely N-dealkylation sites (N-methyl/N-ethyl adjacent to an activating group) is 1. The highest BCUT2D eigenvalue weighted by Gasteiger charge is 2.12. The van der Waals surface area contributed by atoms with Crippen molar-refractivity contribution in [1.82, 2.24) is 14.9 Å². The molecule has 0 aliphatic carbocycles. The molecule has 0 spiro atoms. The molecule has 2 aromatic rings. The Kier molecular flexibility index (Phi) is 4.77. The Hall–Kier alpha value is -1.40. The van der Waals surface area contributed by atoms with Crippen molar-refractivity contribution in [3.63, 3.8) is 0 Å². The number of nitrogens with zero attached hydrogens (tertiary/aromatic N) is 3. The molecule has 0 unspecified atom stereocenters. The first kappa shape index (κ1) is 15.0. The lowest BCUT2D eigenvalue weighted by atomic mass is 10.3. The summed E-state index contributed by atoms with van der Waals surface area (Å²) >= 11 is 7.53. The van der Waals surface area contributed by atoms with Gasteiger partial charge in [-0.15, -0.1) is 11.3 Å². The molecule has 0 aliphatic heterocycles. The Morgan fingerprint density at radius 3 is 2.85 bits per heavy atom. The largest absolute Gasteiger partial charge is 0.360 e. The first-order chi connectivity index (χ1) is 9.55. The number of hydrogen-bond donors (Lipinski definition) is 1. The molecule has 1 N–H and O–H groups in total. The van der Waals surface area contributed by atoms with Gasteiger partial charge in [-0.2, -0.15) is 0 Å². The number of aromatic nitrogens is 2. The lowest BCUT2D eigenvalue weighted by Gasteiger charge is -2.15. The fourth-order valence-electron chi connectivity index (χ4n) is 1.72. The minimum atomic E-state index is 0.0151. The van der Waals surface area contributed by atoms with Gasteiger partial charge >= 0.3 is 0 Å². The smallest absolute Gasteiger partial charge is 0.241 e. The molecule has 0 atom stereocenters. The standard InChI is InChI=1S/C13H17ClN4OS/c1-4-8-6-9-11(15-7-10(19)18(3)5-2)16-13(14)17-12(9)20-8/h6H,4-5,7H2,1-3H3,(H,15,16,17). The minimum Gasteiger partial charge on any atom is -0.360 e. The molecule has 0 saturated carbocycles. The Labute approximate surface area is 127 Å². The van der Waals surface area contributed by atoms with Gasteiger partial charge in [0, 0.05) is 18.5 Å². The molecule has 0 fully saturated rings. The van der Waals surface area contributed by atoms with Crippen LogP contribution < -0.4 is 5.32 Å². The lowest BCUT2D eigenvalue weighted by Crippen LogP contribution is -2.32. The molecular formula is C13H17ClN4OS. The molecule has 0 bridgehead atoms. The average Bonchev–Trinajstić information content (AvgIpc) is 2.86. The summed E-state index contributed by atoms with van der Waals surface area (Å²) in [6, 6.07) is 2.05. The number of amides is 1. The Morgan fingerprint density at radius 2 is 2.20 bits per heavy atom. The van der Waals surface area contributed by atoms with Crippen molar-refractivity contribution >= 4 is 44.9 Å². The molecule has 7 heteroatoms. The highest BCUT2D eigenvalue weighted by molar-refractivity contribution is 7.18. The Morgan fingerprint density at radius 1 is 1.45 bits per heavy atom. The van der Waals surface area contributed by atoms with Gasteiger partial charge < -0.3 is 10.2 Å². The summed E-state index contributed by atoms with van der Waals surface area (Å²) in [6.45, 7) is 4.90. The molecule has 0 aliphatic rings. The number of aryl methyl sites for hydroxylation is 1. The minimum absolute atomic E-state index is 0.0151. The van der Waals surface area contributed by atoms with E-state index in [1.807, 2.05) is 13.0 Å². The van der Waals surface area contributed by atoms with Gasteiger partial charge in [0.05, 0.1) is 11.9 Å². The highest BCUT2D eigenvalue weighted by atomic mass is 35.5. The predicted molar refractivity (Wildman–Crippen MR) is 83.6 cm³/mol. The van der Waals surface area contributed by atoms with Gasteiger partial charge in [-0.1, -0.05) is 6.92 Å². The fraction of sp³-hybridized carbons (Fsp3) is 0.462. The molecule has 2 rings (SSSR count). The molecule has 0 saturated heterocycles. The number of halogens is 1. The third-order valence-electron chi connectivity index (χ3n) is 3.07. The van der Waals surface area contributed by atoms with E-state index in [0.29, 0.717) is 12.4 Å². The van der Waals surface area contributed by atoms with Gasteiger partial charge in [-0.05, 0) is 31.0 Å². The summed E-state index contributed by atoms with van der Waals surface area (Å²) < 4.78 is 0. The van der Waals surface area contributed by atoms with E-state index in [4.69, 9.17) is 11.6 Å². The zero-order chi connectivity index (χ0) is 14.7. The molecule has 1 amide bonds. The second-order valence-electron chi connectivity index (χ2n) is 4.39. The summed E-state index contributed by atoms with van der Waals surface area (Å²) in [6.07, 6.45) is 0.940. The van der Waals surface area contributed by atoms with Crippen LogP contribution in [0.3, 0.4) is 0 Å². The number of rotatable bonds is 5. The van der Waals surface area contributed by atoms with E-state index in [-0.39, 0.29) is 17.7 Å². The number of fused-ring (bicyclic) bond motifs is 1. The third kappa shape index (κ3) is 3.19. The molecule has 2 heterocycles. The van der Waals surface area contributed by atoms with Crippen molar-refractivity contribution < 1.29 is 4.79 Å². The predicted octanol–water partition coefficient (Wildman–Crippen LogP) is 2.80. The quantitative estimate of drug-likeness (QED) is 0.863. The van der Waals surface area contributed by atoms with Crippen LogP contribution in [0.15, 0.2) is 6.07 Å². The zero-order valence-electron chi connectivity index (χ0n) is 11.7. The second-order valence-corrected chi connectivity index (χ2v) is 5.84. The van der Waals surface area contributed by atoms with Gasteiger partial charge in [0.25, 0.3) is 0 Å². The highest BCUT2D eigenvalue weighted by Crippen LogP contribution is 2.30. The Bertz CT molecular complexity index is 628. The van der Waals surface area contributed by atoms with Crippen LogP contribution in [0.1, 0.15) is 18.7 Å². The average molecular weight is 313 g/mol. The van der Waals surface area contributed by atoms with E-state index >= 15 is 0 Å². The third-order valence-corrected chi connectivity index (χ3v) is 4.41. The number of thiophene rings is 1. The van der Waals surface area contributed by atoms with E-state index in [1.54, 1.807) is 23.3 Å². The number of nitrogens with one attached hydrogen (secondary N) is 1. The van der Waals surface area contributed by atoms with Crippen molar-refractivity contribution in [2.24, 2.45) is 0 Å². The summed E-state index contributed by atoms with van der Waals surface area (Å²) in [7, 11) is 1.77. The van der Waals surface area contributed by atoms with Crippen LogP contribution in [0.25, 0.3) is 10.2 Å². The van der Waals surface area contributed by atoms with E-state index in [9.17, 15) is 4.79 Å². The number of hydrogen-bond acceptors (Lipinski definition) is 5. The molecule has 20 heavy (non-hydrogen) atoms. The van der Waals surface area contributed by atoms with E-state index in [1.165, 1.54) is 4.88 Å². The summed E-state index contributed by atoms with van der Waals surface area (Å²) in [5.41, 5.74) is 0. The first-order valence-corrected chi connectivity index (χ1v) is 7.68. The molecule has 0 aromatic carbocycles. The topological polar surface area (TPSA) is 58.1 Å². The van der Waals surface area contributed by atoms with Crippen LogP contribution in [-0.4, -0.2) is 40.9 Å². The van der Waals surface area contributed by atoms with Crippen molar-refractivity contribution in [3.8, 4) is 0 Å². The molecular weight excluding hydrogens is 296 g/mol. The van der Waals surface area contributed by atoms with Gasteiger partial charge in [0.15, 0.2) is 0 Å². The van der Waals surface area contributed by atoms with Crippen molar-refractivity contribution in [3.05, 3.63) is 16.2 Å². The van der Waals surface area contributed by atoms with E-state index in [0.717, 1.165) is 16.6 Å². The molecule has 0 radical (unpaired) electrons. The van der Waals surface area contributed by atoms with Gasteiger partial charge in [0.1, 0.15) is 10.6 Å². The van der Waals surface area contributed by atoms with Crippen LogP contribution in [-0.2, 0) is 11.2 Å². The molecule has 108 valence electrons. The van der Waals surface area contributed by atoms with Crippen molar-refractivity contribution in [2.45, 2.75) is 20.3 Å². The second kappa shape index (κ2) is 6.37. The lowest BCUT2D eigenvalue weighted by molar-refractivity contribution is -0.127. The van der Waals surface area contributed by atoms with Crippen LogP contribution in [0.4, 0.5) is 5.82 Å². The fourth-order valence-corrected chi connectivity index (χ4v) is 2.91. The normalized spacial score (nSPS) is 10.8. The van der Waals surface area contributed by atoms with Gasteiger partial charge in [0.2, 0.25) is 11.2 Å². The molecule has 2 aromatic heterocycles. The van der Waals surface area contributed by atoms with Crippen LogP contribution in [0.5, 0.6) is 0 Å². The molecule has 5 nitrogen and oxygen atoms in total. The zero-order valence-corrected chi connectivity index (χ0v) is 13.3. The number of anilines is 1. The SMILES string of the molecule is CCc1cc2c(NCC(=O)N(C)CC)nc(Cl)nc2s1. The van der Waals surface area contributed by atoms with Crippen molar-refractivity contribution in [2.75, 3.05) is 25.5 Å². The monoisotopic (exact) mass is 312 g/mol. The van der Waals surface area contributed by atoms with E-state index in [2.05, 4.69) is 22.2 Å². The Balaban J connectivity index is 2.24.